The number of hydrogen-bond acceptors (Lipinski definition) is 7. The van der Waals surface area contributed by atoms with E-state index >= 15 is 0 Å². The zero-order valence-electron chi connectivity index (χ0n) is 11.7. The summed E-state index contributed by atoms with van der Waals surface area (Å²) in [6.07, 6.45) is 2.70. The van der Waals surface area contributed by atoms with E-state index in [1.54, 1.807) is 17.7 Å². The van der Waals surface area contributed by atoms with Gasteiger partial charge in [-0.3, -0.25) is 4.90 Å². The molecule has 108 valence electrons. The van der Waals surface area contributed by atoms with Crippen molar-refractivity contribution in [3.63, 3.8) is 0 Å². The Labute approximate surface area is 122 Å². The van der Waals surface area contributed by atoms with Gasteiger partial charge in [-0.25, -0.2) is 15.0 Å². The first-order valence-corrected chi connectivity index (χ1v) is 7.72. The summed E-state index contributed by atoms with van der Waals surface area (Å²) < 4.78 is 0. The van der Waals surface area contributed by atoms with E-state index in [1.807, 2.05) is 5.51 Å². The lowest BCUT2D eigenvalue weighted by Gasteiger charge is -2.30. The molecule has 0 radical (unpaired) electrons. The number of likely N-dealkylation sites (N-methyl/N-ethyl adjacent to an activating group) is 1. The van der Waals surface area contributed by atoms with Crippen LogP contribution in [0.3, 0.4) is 0 Å². The van der Waals surface area contributed by atoms with Gasteiger partial charge in [-0.05, 0) is 20.4 Å². The molecule has 3 rings (SSSR count). The molecule has 2 atom stereocenters. The monoisotopic (exact) mass is 293 g/mol. The summed E-state index contributed by atoms with van der Waals surface area (Å²) in [5.41, 5.74) is 2.72. The molecule has 7 heteroatoms. The Hall–Kier alpha value is -1.31. The molecular formula is C13H19N5OS. The number of anilines is 1. The van der Waals surface area contributed by atoms with E-state index in [0.717, 1.165) is 29.1 Å². The number of aliphatic hydroxyl groups is 1. The Morgan fingerprint density at radius 1 is 1.45 bits per heavy atom. The molecule has 20 heavy (non-hydrogen) atoms. The van der Waals surface area contributed by atoms with Gasteiger partial charge in [0.1, 0.15) is 16.7 Å². The average molecular weight is 293 g/mol. The normalized spacial score (nSPS) is 23.1. The van der Waals surface area contributed by atoms with Crippen LogP contribution in [0.2, 0.25) is 0 Å². The van der Waals surface area contributed by atoms with Crippen LogP contribution in [0.15, 0.2) is 11.8 Å². The molecule has 0 aromatic carbocycles. The molecule has 1 aliphatic rings. The Bertz CT molecular complexity index is 589. The van der Waals surface area contributed by atoms with E-state index in [4.69, 9.17) is 5.11 Å². The molecule has 1 N–H and O–H groups in total. The number of nitrogens with zero attached hydrogens (tertiary/aromatic N) is 5. The number of fused-ring (bicyclic) bond motifs is 1. The Morgan fingerprint density at radius 2 is 2.30 bits per heavy atom. The highest BCUT2D eigenvalue weighted by molar-refractivity contribution is 7.16. The van der Waals surface area contributed by atoms with Gasteiger partial charge < -0.3 is 10.0 Å². The Balaban J connectivity index is 1.87. The van der Waals surface area contributed by atoms with Crippen LogP contribution >= 0.6 is 11.3 Å². The van der Waals surface area contributed by atoms with E-state index < -0.39 is 0 Å². The van der Waals surface area contributed by atoms with Crippen molar-refractivity contribution in [3.05, 3.63) is 11.8 Å². The predicted octanol–water partition coefficient (Wildman–Crippen LogP) is 0.978. The van der Waals surface area contributed by atoms with Crippen molar-refractivity contribution in [1.82, 2.24) is 19.9 Å². The van der Waals surface area contributed by atoms with Crippen LogP contribution in [0.1, 0.15) is 13.3 Å². The predicted molar refractivity (Wildman–Crippen MR) is 80.1 cm³/mol. The fourth-order valence-corrected chi connectivity index (χ4v) is 3.65. The summed E-state index contributed by atoms with van der Waals surface area (Å²) in [7, 11) is 2.07. The maximum Gasteiger partial charge on any atom is 0.159 e. The minimum absolute atomic E-state index is 0.198. The number of hydrogen-bond donors (Lipinski definition) is 1. The zero-order valence-corrected chi connectivity index (χ0v) is 12.5. The van der Waals surface area contributed by atoms with Crippen molar-refractivity contribution in [2.45, 2.75) is 25.4 Å². The molecular weight excluding hydrogens is 274 g/mol. The number of aliphatic hydroxyl groups excluding tert-OH is 1. The topological polar surface area (TPSA) is 65.4 Å². The fraction of sp³-hybridized carbons (Fsp3) is 0.615. The molecule has 0 unspecified atom stereocenters. The smallest absolute Gasteiger partial charge is 0.159 e. The summed E-state index contributed by atoms with van der Waals surface area (Å²) in [4.78, 5) is 18.6. The molecule has 0 saturated carbocycles. The van der Waals surface area contributed by atoms with Gasteiger partial charge in [0, 0.05) is 25.2 Å². The van der Waals surface area contributed by atoms with Crippen LogP contribution in [-0.2, 0) is 0 Å². The highest BCUT2D eigenvalue weighted by atomic mass is 32.1. The molecule has 1 saturated heterocycles. The molecule has 0 amide bonds. The lowest BCUT2D eigenvalue weighted by Crippen LogP contribution is -2.43. The molecule has 6 nitrogen and oxygen atoms in total. The zero-order chi connectivity index (χ0) is 14.1. The van der Waals surface area contributed by atoms with Gasteiger partial charge in [0.25, 0.3) is 0 Å². The van der Waals surface area contributed by atoms with Crippen molar-refractivity contribution >= 4 is 27.5 Å². The third-order valence-electron chi connectivity index (χ3n) is 4.12. The van der Waals surface area contributed by atoms with Crippen molar-refractivity contribution in [2.75, 3.05) is 31.6 Å². The molecule has 0 aliphatic carbocycles. The van der Waals surface area contributed by atoms with Gasteiger partial charge in [0.15, 0.2) is 5.82 Å². The third kappa shape index (κ3) is 2.25. The summed E-state index contributed by atoms with van der Waals surface area (Å²) in [5, 5.41) is 9.10. The Morgan fingerprint density at radius 3 is 3.10 bits per heavy atom. The molecule has 0 spiro atoms. The molecule has 2 aromatic rings. The lowest BCUT2D eigenvalue weighted by atomic mass is 10.1. The van der Waals surface area contributed by atoms with Crippen molar-refractivity contribution in [2.24, 2.45) is 0 Å². The van der Waals surface area contributed by atoms with Crippen molar-refractivity contribution in [1.29, 1.82) is 0 Å². The van der Waals surface area contributed by atoms with Crippen LogP contribution in [0, 0.1) is 0 Å². The third-order valence-corrected chi connectivity index (χ3v) is 4.85. The molecule has 0 bridgehead atoms. The van der Waals surface area contributed by atoms with Crippen LogP contribution < -0.4 is 4.90 Å². The van der Waals surface area contributed by atoms with Gasteiger partial charge >= 0.3 is 0 Å². The minimum atomic E-state index is 0.198. The first-order chi connectivity index (χ1) is 9.72. The van der Waals surface area contributed by atoms with Crippen LogP contribution in [0.4, 0.5) is 5.82 Å². The van der Waals surface area contributed by atoms with Gasteiger partial charge in [0.2, 0.25) is 0 Å². The van der Waals surface area contributed by atoms with E-state index in [1.165, 1.54) is 0 Å². The maximum atomic E-state index is 9.10. The van der Waals surface area contributed by atoms with Crippen LogP contribution in [0.5, 0.6) is 0 Å². The molecule has 2 aromatic heterocycles. The molecule has 1 fully saturated rings. The lowest BCUT2D eigenvalue weighted by molar-refractivity contribution is 0.175. The summed E-state index contributed by atoms with van der Waals surface area (Å²) in [5.74, 6) is 0.934. The van der Waals surface area contributed by atoms with E-state index in [2.05, 4.69) is 38.7 Å². The average Bonchev–Trinajstić information content (AvgIpc) is 3.05. The SMILES string of the molecule is C[C@@H]1[C@H](N(C)CCO)CCN1c1ncnc2scnc12. The highest BCUT2D eigenvalue weighted by Crippen LogP contribution is 2.31. The molecule has 3 heterocycles. The van der Waals surface area contributed by atoms with Gasteiger partial charge in [-0.15, -0.1) is 11.3 Å². The van der Waals surface area contributed by atoms with Crippen molar-refractivity contribution < 1.29 is 5.11 Å². The first-order valence-electron chi connectivity index (χ1n) is 6.84. The maximum absolute atomic E-state index is 9.10. The second-order valence-electron chi connectivity index (χ2n) is 5.20. The second kappa shape index (κ2) is 5.59. The standard InChI is InChI=1S/C13H19N5OS/c1-9-10(17(2)5-6-19)3-4-18(9)12-11-13(15-7-14-12)20-8-16-11/h7-10,19H,3-6H2,1-2H3/t9-,10-/m1/s1. The summed E-state index contributed by atoms with van der Waals surface area (Å²) >= 11 is 1.54. The summed E-state index contributed by atoms with van der Waals surface area (Å²) in [6, 6.07) is 0.789. The summed E-state index contributed by atoms with van der Waals surface area (Å²) in [6.45, 7) is 4.08. The fourth-order valence-electron chi connectivity index (χ4n) is 3.03. The van der Waals surface area contributed by atoms with Gasteiger partial charge in [-0.1, -0.05) is 0 Å². The highest BCUT2D eigenvalue weighted by Gasteiger charge is 2.34. The Kier molecular flexibility index (Phi) is 3.82. The first kappa shape index (κ1) is 13.7. The van der Waals surface area contributed by atoms with E-state index in [-0.39, 0.29) is 6.61 Å². The van der Waals surface area contributed by atoms with Gasteiger partial charge in [0.05, 0.1) is 12.1 Å². The largest absolute Gasteiger partial charge is 0.395 e. The van der Waals surface area contributed by atoms with E-state index in [9.17, 15) is 0 Å². The van der Waals surface area contributed by atoms with Crippen LogP contribution in [-0.4, -0.2) is 63.8 Å². The number of thiazole rings is 1. The van der Waals surface area contributed by atoms with Crippen molar-refractivity contribution in [3.8, 4) is 0 Å². The number of aromatic nitrogens is 3. The number of rotatable bonds is 4. The minimum Gasteiger partial charge on any atom is -0.395 e. The van der Waals surface area contributed by atoms with Crippen LogP contribution in [0.25, 0.3) is 10.3 Å². The quantitative estimate of drug-likeness (QED) is 0.906. The van der Waals surface area contributed by atoms with E-state index in [0.29, 0.717) is 18.6 Å². The second-order valence-corrected chi connectivity index (χ2v) is 6.03. The molecule has 1 aliphatic heterocycles. The van der Waals surface area contributed by atoms with Gasteiger partial charge in [-0.2, -0.15) is 0 Å².